The highest BCUT2D eigenvalue weighted by atomic mass is 31.2. The molecule has 0 amide bonds. The van der Waals surface area contributed by atoms with Crippen LogP contribution in [-0.2, 0) is 27.9 Å². The van der Waals surface area contributed by atoms with Crippen LogP contribution >= 0.6 is 7.82 Å². The summed E-state index contributed by atoms with van der Waals surface area (Å²) in [4.78, 5) is 22.7. The van der Waals surface area contributed by atoms with Crippen LogP contribution in [0.3, 0.4) is 0 Å². The van der Waals surface area contributed by atoms with Gasteiger partial charge in [0.1, 0.15) is 12.2 Å². The van der Waals surface area contributed by atoms with E-state index in [1.165, 1.54) is 231 Å². The minimum Gasteiger partial charge on any atom is -0.457 e. The van der Waals surface area contributed by atoms with Crippen molar-refractivity contribution in [3.63, 3.8) is 0 Å². The van der Waals surface area contributed by atoms with E-state index in [9.17, 15) is 19.4 Å². The SMILES string of the molecule is CCCCCCCC/C=C\CCCCCCCCCCCCOCC(COP(=O)(O)OCC(O)CO)OC(=O)CCCCCCCCCCCCCCCCCCCCCCCCC. The molecule has 0 aliphatic heterocycles. The van der Waals surface area contributed by atoms with Crippen LogP contribution in [0.4, 0.5) is 0 Å². The lowest BCUT2D eigenvalue weighted by Crippen LogP contribution is -2.29. The van der Waals surface area contributed by atoms with Gasteiger partial charge in [0, 0.05) is 13.0 Å². The van der Waals surface area contributed by atoms with E-state index in [0.717, 1.165) is 32.1 Å². The van der Waals surface area contributed by atoms with E-state index in [4.69, 9.17) is 23.6 Å². The monoisotopic (exact) mass is 931 g/mol. The molecule has 0 aliphatic rings. The summed E-state index contributed by atoms with van der Waals surface area (Å²) < 4.78 is 33.6. The molecular formula is C54H107O9P. The smallest absolute Gasteiger partial charge is 0.457 e. The zero-order valence-corrected chi connectivity index (χ0v) is 43.2. The second-order valence-electron chi connectivity index (χ2n) is 19.0. The van der Waals surface area contributed by atoms with Crippen molar-refractivity contribution in [3.8, 4) is 0 Å². The number of phosphoric acid groups is 1. The van der Waals surface area contributed by atoms with Crippen LogP contribution in [0, 0.1) is 0 Å². The Morgan fingerprint density at radius 2 is 0.797 bits per heavy atom. The van der Waals surface area contributed by atoms with E-state index >= 15 is 0 Å². The van der Waals surface area contributed by atoms with Gasteiger partial charge in [-0.2, -0.15) is 0 Å². The molecule has 0 radical (unpaired) electrons. The maximum Gasteiger partial charge on any atom is 0.472 e. The van der Waals surface area contributed by atoms with Gasteiger partial charge in [-0.15, -0.1) is 0 Å². The first-order chi connectivity index (χ1) is 31.3. The number of carbonyl (C=O) groups is 1. The normalized spacial score (nSPS) is 13.8. The van der Waals surface area contributed by atoms with E-state index in [1.807, 2.05) is 0 Å². The first kappa shape index (κ1) is 63.2. The quantitative estimate of drug-likeness (QED) is 0.0236. The average Bonchev–Trinajstić information content (AvgIpc) is 3.29. The molecule has 382 valence electrons. The van der Waals surface area contributed by atoms with E-state index in [-0.39, 0.29) is 25.6 Å². The molecule has 0 bridgehead atoms. The molecular weight excluding hydrogens is 824 g/mol. The molecule has 64 heavy (non-hydrogen) atoms. The van der Waals surface area contributed by atoms with Crippen molar-refractivity contribution in [1.82, 2.24) is 0 Å². The second-order valence-corrected chi connectivity index (χ2v) is 20.4. The van der Waals surface area contributed by atoms with E-state index in [0.29, 0.717) is 6.61 Å². The van der Waals surface area contributed by atoms with Gasteiger partial charge in [0.25, 0.3) is 0 Å². The maximum absolute atomic E-state index is 12.7. The largest absolute Gasteiger partial charge is 0.472 e. The number of ether oxygens (including phenoxy) is 2. The minimum atomic E-state index is -4.52. The molecule has 0 rings (SSSR count). The summed E-state index contributed by atoms with van der Waals surface area (Å²) in [5, 5.41) is 18.4. The van der Waals surface area contributed by atoms with Crippen molar-refractivity contribution in [1.29, 1.82) is 0 Å². The van der Waals surface area contributed by atoms with Crippen molar-refractivity contribution >= 4 is 13.8 Å². The van der Waals surface area contributed by atoms with Crippen LogP contribution in [-0.4, -0.2) is 66.3 Å². The summed E-state index contributed by atoms with van der Waals surface area (Å²) in [5.74, 6) is -0.374. The van der Waals surface area contributed by atoms with Gasteiger partial charge in [-0.3, -0.25) is 13.8 Å². The van der Waals surface area contributed by atoms with Crippen LogP contribution < -0.4 is 0 Å². The van der Waals surface area contributed by atoms with E-state index < -0.39 is 33.2 Å². The zero-order valence-electron chi connectivity index (χ0n) is 42.3. The molecule has 0 heterocycles. The van der Waals surface area contributed by atoms with Gasteiger partial charge in [-0.25, -0.2) is 4.57 Å². The summed E-state index contributed by atoms with van der Waals surface area (Å²) >= 11 is 0. The molecule has 9 nitrogen and oxygen atoms in total. The molecule has 10 heteroatoms. The Labute approximate surface area is 396 Å². The van der Waals surface area contributed by atoms with Crippen molar-refractivity contribution in [3.05, 3.63) is 12.2 Å². The predicted octanol–water partition coefficient (Wildman–Crippen LogP) is 16.4. The van der Waals surface area contributed by atoms with Crippen molar-refractivity contribution in [2.75, 3.05) is 33.0 Å². The number of unbranched alkanes of at least 4 members (excludes halogenated alkanes) is 38. The number of phosphoric ester groups is 1. The Kier molecular flexibility index (Phi) is 50.9. The fourth-order valence-corrected chi connectivity index (χ4v) is 9.03. The number of aliphatic hydroxyl groups excluding tert-OH is 2. The number of hydrogen-bond donors (Lipinski definition) is 3. The number of esters is 1. The number of hydrogen-bond acceptors (Lipinski definition) is 8. The molecule has 0 fully saturated rings. The van der Waals surface area contributed by atoms with Gasteiger partial charge < -0.3 is 24.6 Å². The fourth-order valence-electron chi connectivity index (χ4n) is 8.24. The van der Waals surface area contributed by atoms with Crippen LogP contribution in [0.5, 0.6) is 0 Å². The maximum atomic E-state index is 12.7. The zero-order chi connectivity index (χ0) is 46.7. The third-order valence-corrected chi connectivity index (χ3v) is 13.4. The van der Waals surface area contributed by atoms with Crippen molar-refractivity contribution < 1.29 is 43.0 Å². The molecule has 3 unspecified atom stereocenters. The highest BCUT2D eigenvalue weighted by Crippen LogP contribution is 2.43. The Bertz CT molecular complexity index is 1010. The molecule has 0 spiro atoms. The summed E-state index contributed by atoms with van der Waals surface area (Å²) in [6.45, 7) is 3.59. The van der Waals surface area contributed by atoms with E-state index in [2.05, 4.69) is 26.0 Å². The Hall–Kier alpha value is -0.800. The summed E-state index contributed by atoms with van der Waals surface area (Å²) in [5.41, 5.74) is 0. The van der Waals surface area contributed by atoms with Gasteiger partial charge in [0.2, 0.25) is 0 Å². The van der Waals surface area contributed by atoms with Gasteiger partial charge in [-0.05, 0) is 38.5 Å². The molecule has 0 saturated heterocycles. The lowest BCUT2D eigenvalue weighted by Gasteiger charge is -2.20. The average molecular weight is 931 g/mol. The third kappa shape index (κ3) is 50.6. The highest BCUT2D eigenvalue weighted by molar-refractivity contribution is 7.47. The topological polar surface area (TPSA) is 132 Å². The molecule has 3 N–H and O–H groups in total. The highest BCUT2D eigenvalue weighted by Gasteiger charge is 2.26. The first-order valence-electron chi connectivity index (χ1n) is 27.7. The summed E-state index contributed by atoms with van der Waals surface area (Å²) in [6, 6.07) is 0. The van der Waals surface area contributed by atoms with Crippen molar-refractivity contribution in [2.45, 2.75) is 296 Å². The summed E-state index contributed by atoms with van der Waals surface area (Å²) in [6.07, 6.45) is 56.2. The summed E-state index contributed by atoms with van der Waals surface area (Å²) in [7, 11) is -4.52. The van der Waals surface area contributed by atoms with Gasteiger partial charge in [-0.1, -0.05) is 251 Å². The lowest BCUT2D eigenvalue weighted by molar-refractivity contribution is -0.154. The van der Waals surface area contributed by atoms with Gasteiger partial charge >= 0.3 is 13.8 Å². The molecule has 3 atom stereocenters. The molecule has 0 aromatic carbocycles. The number of carbonyl (C=O) groups excluding carboxylic acids is 1. The predicted molar refractivity (Wildman–Crippen MR) is 270 cm³/mol. The Morgan fingerprint density at radius 3 is 1.17 bits per heavy atom. The minimum absolute atomic E-state index is 0.0549. The van der Waals surface area contributed by atoms with Crippen LogP contribution in [0.15, 0.2) is 12.2 Å². The Balaban J connectivity index is 3.98. The van der Waals surface area contributed by atoms with Crippen molar-refractivity contribution in [2.24, 2.45) is 0 Å². The third-order valence-electron chi connectivity index (χ3n) is 12.5. The second kappa shape index (κ2) is 51.6. The van der Waals surface area contributed by atoms with Crippen LogP contribution in [0.2, 0.25) is 0 Å². The standard InChI is InChI=1S/C54H107O9P/c1-3-5-7-9-11-13-15-17-19-21-23-25-26-27-28-30-32-34-36-38-40-42-44-46-54(57)63-53(51-62-64(58,59)61-49-52(56)48-55)50-60-47-45-43-41-39-37-35-33-31-29-24-22-20-18-16-14-12-10-8-6-4-2/h18,20,52-53,55-56H,3-17,19,21-51H2,1-2H3,(H,58,59)/b20-18-. The molecule has 0 aromatic heterocycles. The fraction of sp³-hybridized carbons (Fsp3) is 0.944. The van der Waals surface area contributed by atoms with Crippen LogP contribution in [0.1, 0.15) is 284 Å². The van der Waals surface area contributed by atoms with E-state index in [1.54, 1.807) is 0 Å². The molecule has 0 saturated carbocycles. The first-order valence-corrected chi connectivity index (χ1v) is 29.2. The molecule has 0 aliphatic carbocycles. The number of allylic oxidation sites excluding steroid dienone is 2. The number of aliphatic hydroxyl groups is 2. The van der Waals surface area contributed by atoms with Gasteiger partial charge in [0.05, 0.1) is 26.4 Å². The number of rotatable bonds is 54. The van der Waals surface area contributed by atoms with Gasteiger partial charge in [0.15, 0.2) is 0 Å². The lowest BCUT2D eigenvalue weighted by atomic mass is 10.0. The molecule has 0 aromatic rings. The van der Waals surface area contributed by atoms with Crippen LogP contribution in [0.25, 0.3) is 0 Å². The Morgan fingerprint density at radius 1 is 0.469 bits per heavy atom.